The third-order valence-corrected chi connectivity index (χ3v) is 3.72. The summed E-state index contributed by atoms with van der Waals surface area (Å²) in [5.41, 5.74) is 2.89. The van der Waals surface area contributed by atoms with Crippen LogP contribution in [0.2, 0.25) is 0 Å². The topological polar surface area (TPSA) is 66.9 Å². The van der Waals surface area contributed by atoms with Gasteiger partial charge in [-0.1, -0.05) is 30.3 Å². The van der Waals surface area contributed by atoms with Crippen molar-refractivity contribution in [2.24, 2.45) is 0 Å². The highest BCUT2D eigenvalue weighted by Gasteiger charge is 2.07. The lowest BCUT2D eigenvalue weighted by Crippen LogP contribution is -2.27. The number of amides is 2. The van der Waals surface area contributed by atoms with Crippen molar-refractivity contribution >= 4 is 22.6 Å². The van der Waals surface area contributed by atoms with Gasteiger partial charge < -0.3 is 5.32 Å². The minimum atomic E-state index is -0.250. The number of hydrogen-bond acceptors (Lipinski definition) is 4. The maximum atomic E-state index is 11.9. The van der Waals surface area contributed by atoms with Crippen LogP contribution in [0.1, 0.15) is 5.56 Å². The van der Waals surface area contributed by atoms with E-state index in [4.69, 9.17) is 0 Å². The molecule has 2 heterocycles. The average Bonchev–Trinajstić information content (AvgIpc) is 3.03. The molecule has 0 atom stereocenters. The Hall–Kier alpha value is -2.73. The molecule has 0 saturated heterocycles. The van der Waals surface area contributed by atoms with E-state index in [1.54, 1.807) is 12.4 Å². The van der Waals surface area contributed by atoms with Crippen LogP contribution in [0.4, 0.5) is 9.80 Å². The summed E-state index contributed by atoms with van der Waals surface area (Å²) in [6.45, 7) is 0.457. The third-order valence-electron chi connectivity index (χ3n) is 3.02. The van der Waals surface area contributed by atoms with Crippen LogP contribution in [0.25, 0.3) is 11.3 Å². The maximum absolute atomic E-state index is 11.9. The molecule has 5 nitrogen and oxygen atoms in total. The van der Waals surface area contributed by atoms with Gasteiger partial charge in [-0.15, -0.1) is 0 Å². The van der Waals surface area contributed by atoms with Gasteiger partial charge in [-0.05, 0) is 29.2 Å². The Labute approximate surface area is 132 Å². The minimum absolute atomic E-state index is 0.250. The van der Waals surface area contributed by atoms with E-state index in [-0.39, 0.29) is 6.03 Å². The zero-order valence-electron chi connectivity index (χ0n) is 11.7. The Balaban J connectivity index is 1.57. The zero-order valence-corrected chi connectivity index (χ0v) is 12.5. The number of nitrogens with one attached hydrogen (secondary N) is 2. The largest absolute Gasteiger partial charge is 0.334 e. The van der Waals surface area contributed by atoms with Gasteiger partial charge in [0.1, 0.15) is 5.00 Å². The molecular weight excluding hydrogens is 296 g/mol. The highest BCUT2D eigenvalue weighted by molar-refractivity contribution is 7.10. The van der Waals surface area contributed by atoms with Gasteiger partial charge in [-0.25, -0.2) is 4.79 Å². The zero-order chi connectivity index (χ0) is 15.2. The van der Waals surface area contributed by atoms with E-state index in [2.05, 4.69) is 20.0 Å². The molecule has 2 N–H and O–H groups in total. The molecule has 0 aliphatic rings. The SMILES string of the molecule is O=C(NCc1ccncc1)Nc1cc(-c2ccccc2)ns1. The van der Waals surface area contributed by atoms with Crippen molar-refractivity contribution in [3.8, 4) is 11.3 Å². The monoisotopic (exact) mass is 310 g/mol. The standard InChI is InChI=1S/C16H14N4OS/c21-16(18-11-12-6-8-17-9-7-12)19-15-10-14(20-22-15)13-4-2-1-3-5-13/h1-10H,11H2,(H2,18,19,21). The summed E-state index contributed by atoms with van der Waals surface area (Å²) in [6.07, 6.45) is 3.40. The Morgan fingerprint density at radius 3 is 2.64 bits per heavy atom. The van der Waals surface area contributed by atoms with Crippen LogP contribution in [-0.2, 0) is 6.54 Å². The first-order valence-electron chi connectivity index (χ1n) is 6.77. The van der Waals surface area contributed by atoms with Crippen LogP contribution < -0.4 is 10.6 Å². The predicted molar refractivity (Wildman–Crippen MR) is 87.6 cm³/mol. The molecule has 0 aliphatic heterocycles. The molecule has 2 aromatic heterocycles. The molecule has 0 spiro atoms. The predicted octanol–water partition coefficient (Wildman–Crippen LogP) is 3.53. The van der Waals surface area contributed by atoms with Crippen molar-refractivity contribution in [3.05, 3.63) is 66.5 Å². The Morgan fingerprint density at radius 1 is 1.09 bits per heavy atom. The van der Waals surface area contributed by atoms with Gasteiger partial charge in [0.25, 0.3) is 0 Å². The minimum Gasteiger partial charge on any atom is -0.334 e. The van der Waals surface area contributed by atoms with Crippen molar-refractivity contribution in [1.82, 2.24) is 14.7 Å². The quantitative estimate of drug-likeness (QED) is 0.774. The molecule has 22 heavy (non-hydrogen) atoms. The van der Waals surface area contributed by atoms with Crippen molar-refractivity contribution in [2.45, 2.75) is 6.54 Å². The lowest BCUT2D eigenvalue weighted by molar-refractivity contribution is 0.252. The van der Waals surface area contributed by atoms with E-state index >= 15 is 0 Å². The van der Waals surface area contributed by atoms with Crippen LogP contribution in [-0.4, -0.2) is 15.4 Å². The smallest absolute Gasteiger partial charge is 0.320 e. The van der Waals surface area contributed by atoms with E-state index < -0.39 is 0 Å². The van der Waals surface area contributed by atoms with Crippen LogP contribution in [0.5, 0.6) is 0 Å². The number of carbonyl (C=O) groups excluding carboxylic acids is 1. The molecular formula is C16H14N4OS. The molecule has 0 radical (unpaired) electrons. The molecule has 0 fully saturated rings. The third kappa shape index (κ3) is 3.67. The second kappa shape index (κ2) is 6.82. The fraction of sp³-hybridized carbons (Fsp3) is 0.0625. The second-order valence-corrected chi connectivity index (χ2v) is 5.41. The van der Waals surface area contributed by atoms with Crippen molar-refractivity contribution < 1.29 is 4.79 Å². The number of urea groups is 1. The average molecular weight is 310 g/mol. The summed E-state index contributed by atoms with van der Waals surface area (Å²) < 4.78 is 4.35. The molecule has 1 aromatic carbocycles. The van der Waals surface area contributed by atoms with Gasteiger partial charge in [-0.3, -0.25) is 10.3 Å². The van der Waals surface area contributed by atoms with E-state index in [0.29, 0.717) is 11.5 Å². The highest BCUT2D eigenvalue weighted by Crippen LogP contribution is 2.24. The Kier molecular flexibility index (Phi) is 4.41. The summed E-state index contributed by atoms with van der Waals surface area (Å²) in [5.74, 6) is 0. The first kappa shape index (κ1) is 14.2. The number of rotatable bonds is 4. The van der Waals surface area contributed by atoms with Crippen LogP contribution in [0.3, 0.4) is 0 Å². The first-order chi connectivity index (χ1) is 10.8. The summed E-state index contributed by atoms with van der Waals surface area (Å²) in [7, 11) is 0. The van der Waals surface area contributed by atoms with E-state index in [9.17, 15) is 4.79 Å². The summed E-state index contributed by atoms with van der Waals surface area (Å²) in [5, 5.41) is 6.30. The van der Waals surface area contributed by atoms with Crippen molar-refractivity contribution in [3.63, 3.8) is 0 Å². The molecule has 6 heteroatoms. The molecule has 0 saturated carbocycles. The van der Waals surface area contributed by atoms with Gasteiger partial charge >= 0.3 is 6.03 Å². The molecule has 3 aromatic rings. The molecule has 0 bridgehead atoms. The van der Waals surface area contributed by atoms with Gasteiger partial charge in [0.05, 0.1) is 5.69 Å². The Bertz CT molecular complexity index is 743. The Morgan fingerprint density at radius 2 is 1.86 bits per heavy atom. The van der Waals surface area contributed by atoms with Gasteiger partial charge in [0.2, 0.25) is 0 Å². The molecule has 2 amide bonds. The number of aromatic nitrogens is 2. The number of carbonyl (C=O) groups is 1. The van der Waals surface area contributed by atoms with Crippen LogP contribution in [0.15, 0.2) is 60.9 Å². The highest BCUT2D eigenvalue weighted by atomic mass is 32.1. The first-order valence-corrected chi connectivity index (χ1v) is 7.54. The fourth-order valence-corrected chi connectivity index (χ4v) is 2.58. The lowest BCUT2D eigenvalue weighted by Gasteiger charge is -2.05. The summed E-state index contributed by atoms with van der Waals surface area (Å²) >= 11 is 1.26. The van der Waals surface area contributed by atoms with Crippen molar-refractivity contribution in [2.75, 3.05) is 5.32 Å². The van der Waals surface area contributed by atoms with E-state index in [0.717, 1.165) is 16.8 Å². The summed E-state index contributed by atoms with van der Waals surface area (Å²) in [4.78, 5) is 15.8. The second-order valence-electron chi connectivity index (χ2n) is 4.61. The van der Waals surface area contributed by atoms with E-state index in [1.165, 1.54) is 11.5 Å². The number of benzene rings is 1. The van der Waals surface area contributed by atoms with Crippen LogP contribution in [0, 0.1) is 0 Å². The number of nitrogens with zero attached hydrogens (tertiary/aromatic N) is 2. The molecule has 3 rings (SSSR count). The molecule has 0 aliphatic carbocycles. The van der Waals surface area contributed by atoms with Crippen LogP contribution >= 0.6 is 11.5 Å². The normalized spacial score (nSPS) is 10.2. The van der Waals surface area contributed by atoms with Gasteiger partial charge in [0, 0.05) is 30.6 Å². The van der Waals surface area contributed by atoms with Crippen molar-refractivity contribution in [1.29, 1.82) is 0 Å². The summed E-state index contributed by atoms with van der Waals surface area (Å²) in [6, 6.07) is 15.2. The number of hydrogen-bond donors (Lipinski definition) is 2. The fourth-order valence-electron chi connectivity index (χ4n) is 1.92. The number of pyridine rings is 1. The van der Waals surface area contributed by atoms with Gasteiger partial charge in [-0.2, -0.15) is 4.37 Å². The van der Waals surface area contributed by atoms with Gasteiger partial charge in [0.15, 0.2) is 0 Å². The van der Waals surface area contributed by atoms with E-state index in [1.807, 2.05) is 48.5 Å². The molecule has 0 unspecified atom stereocenters. The molecule has 110 valence electrons. The number of anilines is 1. The lowest BCUT2D eigenvalue weighted by atomic mass is 10.2. The maximum Gasteiger partial charge on any atom is 0.320 e.